The third-order valence-corrected chi connectivity index (χ3v) is 4.07. The molecule has 0 unspecified atom stereocenters. The van der Waals surface area contributed by atoms with Crippen LogP contribution in [0.2, 0.25) is 0 Å². The molecule has 11 heteroatoms. The van der Waals surface area contributed by atoms with Gasteiger partial charge in [0, 0.05) is 13.2 Å². The molecule has 2 rings (SSSR count). The Kier molecular flexibility index (Phi) is 3.48. The molecule has 2 heterocycles. The van der Waals surface area contributed by atoms with Gasteiger partial charge in [-0.25, -0.2) is 8.42 Å². The van der Waals surface area contributed by atoms with Gasteiger partial charge >= 0.3 is 6.18 Å². The van der Waals surface area contributed by atoms with Crippen LogP contribution in [0.1, 0.15) is 17.1 Å². The lowest BCUT2D eigenvalue weighted by Crippen LogP contribution is -2.18. The van der Waals surface area contributed by atoms with Gasteiger partial charge in [-0.2, -0.15) is 23.4 Å². The molecule has 0 radical (unpaired) electrons. The number of alkyl halides is 3. The van der Waals surface area contributed by atoms with E-state index >= 15 is 0 Å². The number of H-pyrrole nitrogens is 1. The minimum absolute atomic E-state index is 0.118. The minimum Gasteiger partial charge on any atom is -0.280 e. The van der Waals surface area contributed by atoms with Gasteiger partial charge in [-0.1, -0.05) is 0 Å². The van der Waals surface area contributed by atoms with Crippen LogP contribution in [0.5, 0.6) is 0 Å². The van der Waals surface area contributed by atoms with Gasteiger partial charge in [0.05, 0.1) is 17.1 Å². The van der Waals surface area contributed by atoms with E-state index in [0.29, 0.717) is 11.4 Å². The minimum atomic E-state index is -4.87. The lowest BCUT2D eigenvalue weighted by molar-refractivity contribution is -0.143. The highest BCUT2D eigenvalue weighted by Crippen LogP contribution is 2.33. The van der Waals surface area contributed by atoms with Gasteiger partial charge in [0.15, 0.2) is 5.69 Å². The lowest BCUT2D eigenvalue weighted by atomic mass is 10.3. The van der Waals surface area contributed by atoms with E-state index in [1.54, 1.807) is 6.92 Å². The van der Waals surface area contributed by atoms with Crippen molar-refractivity contribution in [2.45, 2.75) is 24.9 Å². The van der Waals surface area contributed by atoms with Crippen molar-refractivity contribution in [3.8, 4) is 0 Å². The second-order valence-corrected chi connectivity index (χ2v) is 6.08. The van der Waals surface area contributed by atoms with Crippen LogP contribution < -0.4 is 4.72 Å². The summed E-state index contributed by atoms with van der Waals surface area (Å²) in [6.07, 6.45) is -4.07. The van der Waals surface area contributed by atoms with Crippen molar-refractivity contribution >= 4 is 15.7 Å². The van der Waals surface area contributed by atoms with Crippen LogP contribution in [0, 0.1) is 13.8 Å². The SMILES string of the molecule is Cc1n[nH]c(C)c1NS(=O)(=O)c1cn(C)nc1C(F)(F)F. The zero-order valence-electron chi connectivity index (χ0n) is 11.3. The predicted molar refractivity (Wildman–Crippen MR) is 67.1 cm³/mol. The maximum absolute atomic E-state index is 12.8. The molecule has 21 heavy (non-hydrogen) atoms. The van der Waals surface area contributed by atoms with Crippen LogP contribution >= 0.6 is 0 Å². The highest BCUT2D eigenvalue weighted by molar-refractivity contribution is 7.92. The number of nitrogens with one attached hydrogen (secondary N) is 2. The van der Waals surface area contributed by atoms with E-state index in [1.165, 1.54) is 14.0 Å². The molecule has 0 spiro atoms. The molecular formula is C10H12F3N5O2S. The maximum atomic E-state index is 12.8. The Bertz CT molecular complexity index is 756. The number of rotatable bonds is 3. The number of hydrogen-bond acceptors (Lipinski definition) is 4. The summed E-state index contributed by atoms with van der Waals surface area (Å²) in [4.78, 5) is -0.933. The van der Waals surface area contributed by atoms with E-state index < -0.39 is 26.8 Å². The molecule has 0 aromatic carbocycles. The summed E-state index contributed by atoms with van der Waals surface area (Å²) in [6.45, 7) is 3.07. The Morgan fingerprint density at radius 2 is 1.95 bits per heavy atom. The van der Waals surface area contributed by atoms with Crippen molar-refractivity contribution in [1.29, 1.82) is 0 Å². The van der Waals surface area contributed by atoms with Gasteiger partial charge in [-0.3, -0.25) is 14.5 Å². The molecule has 0 saturated carbocycles. The van der Waals surface area contributed by atoms with Gasteiger partial charge in [0.2, 0.25) is 0 Å². The molecule has 0 amide bonds. The third kappa shape index (κ3) is 2.86. The highest BCUT2D eigenvalue weighted by Gasteiger charge is 2.41. The van der Waals surface area contributed by atoms with E-state index in [4.69, 9.17) is 0 Å². The molecule has 2 aromatic rings. The molecule has 0 aliphatic rings. The monoisotopic (exact) mass is 323 g/mol. The van der Waals surface area contributed by atoms with Crippen molar-refractivity contribution in [3.05, 3.63) is 23.3 Å². The van der Waals surface area contributed by atoms with Crippen molar-refractivity contribution in [3.63, 3.8) is 0 Å². The molecule has 0 atom stereocenters. The average Bonchev–Trinajstić information content (AvgIpc) is 2.87. The summed E-state index contributed by atoms with van der Waals surface area (Å²) in [5.74, 6) is 0. The molecular weight excluding hydrogens is 311 g/mol. The van der Waals surface area contributed by atoms with Gasteiger partial charge < -0.3 is 0 Å². The Hall–Kier alpha value is -2.04. The molecule has 0 fully saturated rings. The van der Waals surface area contributed by atoms with Gasteiger partial charge in [0.1, 0.15) is 4.90 Å². The first-order valence-electron chi connectivity index (χ1n) is 5.67. The Labute approximate surface area is 118 Å². The first-order valence-corrected chi connectivity index (χ1v) is 7.16. The summed E-state index contributed by atoms with van der Waals surface area (Å²) in [6, 6.07) is 0. The molecule has 7 nitrogen and oxygen atoms in total. The predicted octanol–water partition coefficient (Wildman–Crippen LogP) is 1.58. The summed E-state index contributed by atoms with van der Waals surface area (Å²) in [5.41, 5.74) is -0.620. The summed E-state index contributed by atoms with van der Waals surface area (Å²) >= 11 is 0. The van der Waals surface area contributed by atoms with E-state index in [1.807, 2.05) is 0 Å². The number of aromatic nitrogens is 4. The van der Waals surface area contributed by atoms with Crippen molar-refractivity contribution in [2.75, 3.05) is 4.72 Å². The van der Waals surface area contributed by atoms with Crippen molar-refractivity contribution in [2.24, 2.45) is 7.05 Å². The number of sulfonamides is 1. The molecule has 0 aliphatic heterocycles. The van der Waals surface area contributed by atoms with Crippen LogP contribution in [0.3, 0.4) is 0 Å². The first kappa shape index (κ1) is 15.4. The van der Waals surface area contributed by atoms with Crippen LogP contribution in [0.4, 0.5) is 18.9 Å². The number of aryl methyl sites for hydroxylation is 3. The fourth-order valence-electron chi connectivity index (χ4n) is 1.75. The number of halogens is 3. The third-order valence-electron chi connectivity index (χ3n) is 2.72. The van der Waals surface area contributed by atoms with Crippen LogP contribution in [-0.4, -0.2) is 28.4 Å². The standard InChI is InChI=1S/C10H12F3N5O2S/c1-5-8(6(2)15-14-5)17-21(19,20)7-4-18(3)16-9(7)10(11,12)13/h4,17H,1-3H3,(H,14,15). The van der Waals surface area contributed by atoms with Crippen molar-refractivity contribution in [1.82, 2.24) is 20.0 Å². The topological polar surface area (TPSA) is 92.7 Å². The summed E-state index contributed by atoms with van der Waals surface area (Å²) < 4.78 is 65.8. The quantitative estimate of drug-likeness (QED) is 0.897. The number of aromatic amines is 1. The van der Waals surface area contributed by atoms with Crippen molar-refractivity contribution < 1.29 is 21.6 Å². The fourth-order valence-corrected chi connectivity index (χ4v) is 3.13. The molecule has 0 saturated heterocycles. The Balaban J connectivity index is 2.51. The molecule has 0 bridgehead atoms. The number of hydrogen-bond donors (Lipinski definition) is 2. The zero-order valence-corrected chi connectivity index (χ0v) is 12.1. The first-order chi connectivity index (χ1) is 9.52. The summed E-state index contributed by atoms with van der Waals surface area (Å²) in [7, 11) is -3.22. The molecule has 2 aromatic heterocycles. The molecule has 0 aliphatic carbocycles. The molecule has 116 valence electrons. The van der Waals surface area contributed by atoms with E-state index in [9.17, 15) is 21.6 Å². The molecule has 2 N–H and O–H groups in total. The number of nitrogens with zero attached hydrogens (tertiary/aromatic N) is 3. The second kappa shape index (κ2) is 4.76. The van der Waals surface area contributed by atoms with E-state index in [2.05, 4.69) is 20.0 Å². The van der Waals surface area contributed by atoms with Crippen LogP contribution in [0.15, 0.2) is 11.1 Å². The van der Waals surface area contributed by atoms with Gasteiger partial charge in [-0.15, -0.1) is 0 Å². The van der Waals surface area contributed by atoms with Gasteiger partial charge in [0.25, 0.3) is 10.0 Å². The van der Waals surface area contributed by atoms with E-state index in [-0.39, 0.29) is 5.69 Å². The largest absolute Gasteiger partial charge is 0.436 e. The maximum Gasteiger partial charge on any atom is 0.436 e. The zero-order chi connectivity index (χ0) is 16.0. The smallest absolute Gasteiger partial charge is 0.280 e. The summed E-state index contributed by atoms with van der Waals surface area (Å²) in [5, 5.41) is 9.49. The Morgan fingerprint density at radius 1 is 1.33 bits per heavy atom. The number of anilines is 1. The van der Waals surface area contributed by atoms with E-state index in [0.717, 1.165) is 10.9 Å². The Morgan fingerprint density at radius 3 is 2.43 bits per heavy atom. The van der Waals surface area contributed by atoms with Crippen LogP contribution in [-0.2, 0) is 23.2 Å². The highest BCUT2D eigenvalue weighted by atomic mass is 32.2. The second-order valence-electron chi connectivity index (χ2n) is 4.43. The average molecular weight is 323 g/mol. The van der Waals surface area contributed by atoms with Gasteiger partial charge in [-0.05, 0) is 13.8 Å². The fraction of sp³-hybridized carbons (Fsp3) is 0.400. The van der Waals surface area contributed by atoms with Crippen LogP contribution in [0.25, 0.3) is 0 Å². The lowest BCUT2D eigenvalue weighted by Gasteiger charge is -2.09. The normalized spacial score (nSPS) is 12.7.